The van der Waals surface area contributed by atoms with Crippen LogP contribution in [0.15, 0.2) is 35.7 Å². The van der Waals surface area contributed by atoms with Crippen LogP contribution in [0, 0.1) is 5.82 Å². The van der Waals surface area contributed by atoms with Gasteiger partial charge in [0.25, 0.3) is 0 Å². The van der Waals surface area contributed by atoms with Crippen LogP contribution in [0.1, 0.15) is 30.7 Å². The van der Waals surface area contributed by atoms with Crippen LogP contribution >= 0.6 is 22.9 Å². The van der Waals surface area contributed by atoms with E-state index < -0.39 is 27.8 Å². The molecule has 0 spiro atoms. The molecule has 1 aliphatic rings. The first-order chi connectivity index (χ1) is 14.4. The molecule has 1 aliphatic heterocycles. The molecule has 1 aromatic carbocycles. The molecule has 31 heavy (non-hydrogen) atoms. The van der Waals surface area contributed by atoms with Crippen molar-refractivity contribution in [2.45, 2.75) is 31.8 Å². The Morgan fingerprint density at radius 3 is 2.58 bits per heavy atom. The van der Waals surface area contributed by atoms with Gasteiger partial charge in [-0.2, -0.15) is 4.72 Å². The van der Waals surface area contributed by atoms with Gasteiger partial charge >= 0.3 is 0 Å². The van der Waals surface area contributed by atoms with Crippen molar-refractivity contribution in [3.8, 4) is 0 Å². The number of carbonyl (C=O) groups excluding carboxylic acids is 1. The molecule has 1 atom stereocenters. The van der Waals surface area contributed by atoms with E-state index in [2.05, 4.69) is 4.72 Å². The Hall–Kier alpha value is -1.78. The fraction of sp³-hybridized carbons (Fsp3) is 0.381. The SMILES string of the molecule is CN(C)C(C)(C)c1ccc(N2CCC(NS(=O)(=O)C=Cc3ccc(Cl)s3)C2=O)c(F)c1. The van der Waals surface area contributed by atoms with Crippen LogP contribution in [0.2, 0.25) is 4.34 Å². The molecular formula is C21H25ClFN3O3S2. The Kier molecular flexibility index (Phi) is 6.93. The Balaban J connectivity index is 1.73. The van der Waals surface area contributed by atoms with Gasteiger partial charge in [-0.1, -0.05) is 17.7 Å². The average molecular weight is 486 g/mol. The number of halogens is 2. The zero-order chi connectivity index (χ0) is 23.0. The first-order valence-electron chi connectivity index (χ1n) is 9.65. The number of hydrogen-bond acceptors (Lipinski definition) is 5. The topological polar surface area (TPSA) is 69.7 Å². The first kappa shape index (κ1) is 23.9. The molecule has 1 fully saturated rings. The maximum atomic E-state index is 14.9. The standard InChI is InChI=1S/C21H25ClFN3O3S2/c1-21(2,25(3)4)14-5-7-18(16(23)13-14)26-11-9-17(20(26)27)24-31(28,29)12-10-15-6-8-19(22)30-15/h5-8,10,12-13,17,24H,9,11H2,1-4H3. The van der Waals surface area contributed by atoms with Crippen molar-refractivity contribution < 1.29 is 17.6 Å². The lowest BCUT2D eigenvalue weighted by Crippen LogP contribution is -2.41. The van der Waals surface area contributed by atoms with E-state index in [1.807, 2.05) is 32.8 Å². The van der Waals surface area contributed by atoms with E-state index in [1.165, 1.54) is 28.4 Å². The molecule has 1 N–H and O–H groups in total. The van der Waals surface area contributed by atoms with Gasteiger partial charge in [-0.3, -0.25) is 4.79 Å². The van der Waals surface area contributed by atoms with Gasteiger partial charge in [0.1, 0.15) is 11.9 Å². The number of nitrogens with zero attached hydrogens (tertiary/aromatic N) is 2. The van der Waals surface area contributed by atoms with Crippen LogP contribution < -0.4 is 9.62 Å². The van der Waals surface area contributed by atoms with Crippen molar-refractivity contribution in [2.24, 2.45) is 0 Å². The minimum atomic E-state index is -3.85. The second-order valence-corrected chi connectivity index (χ2v) is 11.4. The van der Waals surface area contributed by atoms with Gasteiger partial charge in [-0.05, 0) is 70.3 Å². The highest BCUT2D eigenvalue weighted by Crippen LogP contribution is 2.31. The number of carbonyl (C=O) groups is 1. The maximum Gasteiger partial charge on any atom is 0.245 e. The summed E-state index contributed by atoms with van der Waals surface area (Å²) in [6.45, 7) is 4.18. The van der Waals surface area contributed by atoms with Gasteiger partial charge in [0, 0.05) is 22.4 Å². The van der Waals surface area contributed by atoms with E-state index in [-0.39, 0.29) is 24.2 Å². The third kappa shape index (κ3) is 5.35. The smallest absolute Gasteiger partial charge is 0.245 e. The summed E-state index contributed by atoms with van der Waals surface area (Å²) in [6, 6.07) is 7.21. The lowest BCUT2D eigenvalue weighted by atomic mass is 9.92. The predicted molar refractivity (Wildman–Crippen MR) is 124 cm³/mol. The number of anilines is 1. The summed E-state index contributed by atoms with van der Waals surface area (Å²) in [5.74, 6) is -0.992. The van der Waals surface area contributed by atoms with Crippen molar-refractivity contribution in [2.75, 3.05) is 25.5 Å². The highest BCUT2D eigenvalue weighted by molar-refractivity contribution is 7.92. The fourth-order valence-electron chi connectivity index (χ4n) is 3.21. The molecule has 2 aromatic rings. The van der Waals surface area contributed by atoms with Crippen molar-refractivity contribution in [3.05, 3.63) is 56.3 Å². The number of hydrogen-bond donors (Lipinski definition) is 1. The number of rotatable bonds is 7. The van der Waals surface area contributed by atoms with Gasteiger partial charge in [0.15, 0.2) is 0 Å². The fourth-order valence-corrected chi connectivity index (χ4v) is 5.27. The summed E-state index contributed by atoms with van der Waals surface area (Å²) in [6.07, 6.45) is 1.67. The first-order valence-corrected chi connectivity index (χ1v) is 12.4. The van der Waals surface area contributed by atoms with Gasteiger partial charge in [-0.15, -0.1) is 11.3 Å². The minimum Gasteiger partial charge on any atom is -0.308 e. The van der Waals surface area contributed by atoms with E-state index in [9.17, 15) is 17.6 Å². The quantitative estimate of drug-likeness (QED) is 0.642. The molecule has 1 amide bonds. The Morgan fingerprint density at radius 2 is 2.00 bits per heavy atom. The predicted octanol–water partition coefficient (Wildman–Crippen LogP) is 4.03. The second kappa shape index (κ2) is 8.99. The number of nitrogens with one attached hydrogen (secondary N) is 1. The summed E-state index contributed by atoms with van der Waals surface area (Å²) < 4.78 is 42.5. The highest BCUT2D eigenvalue weighted by Gasteiger charge is 2.36. The molecule has 0 bridgehead atoms. The molecule has 0 saturated carbocycles. The number of benzene rings is 1. The van der Waals surface area contributed by atoms with Crippen molar-refractivity contribution in [3.63, 3.8) is 0 Å². The van der Waals surface area contributed by atoms with Crippen LogP contribution in [-0.2, 0) is 20.4 Å². The lowest BCUT2D eigenvalue weighted by Gasteiger charge is -2.33. The zero-order valence-corrected chi connectivity index (χ0v) is 20.1. The monoisotopic (exact) mass is 485 g/mol. The molecule has 1 saturated heterocycles. The van der Waals surface area contributed by atoms with E-state index >= 15 is 0 Å². The third-order valence-corrected chi connectivity index (χ3v) is 7.88. The van der Waals surface area contributed by atoms with E-state index in [0.717, 1.165) is 11.0 Å². The summed E-state index contributed by atoms with van der Waals surface area (Å²) in [5, 5.41) is 1.00. The molecule has 1 unspecified atom stereocenters. The van der Waals surface area contributed by atoms with Crippen LogP contribution in [0.25, 0.3) is 6.08 Å². The van der Waals surface area contributed by atoms with Gasteiger partial charge in [0.2, 0.25) is 15.9 Å². The van der Waals surface area contributed by atoms with Gasteiger partial charge < -0.3 is 9.80 Å². The molecular weight excluding hydrogens is 461 g/mol. The van der Waals surface area contributed by atoms with Crippen LogP contribution in [0.5, 0.6) is 0 Å². The third-order valence-electron chi connectivity index (χ3n) is 5.58. The molecule has 10 heteroatoms. The van der Waals surface area contributed by atoms with E-state index in [1.54, 1.807) is 24.3 Å². The summed E-state index contributed by atoms with van der Waals surface area (Å²) in [5.41, 5.74) is 0.543. The zero-order valence-electron chi connectivity index (χ0n) is 17.7. The van der Waals surface area contributed by atoms with Crippen LogP contribution in [-0.4, -0.2) is 45.9 Å². The number of amides is 1. The average Bonchev–Trinajstić information content (AvgIpc) is 3.26. The number of sulfonamides is 1. The molecule has 1 aromatic heterocycles. The second-order valence-electron chi connectivity index (χ2n) is 8.06. The molecule has 3 rings (SSSR count). The Bertz CT molecular complexity index is 1110. The number of thiophene rings is 1. The van der Waals surface area contributed by atoms with Crippen molar-refractivity contribution >= 4 is 50.6 Å². The van der Waals surface area contributed by atoms with Gasteiger partial charge in [0.05, 0.1) is 10.0 Å². The maximum absolute atomic E-state index is 14.9. The van der Waals surface area contributed by atoms with E-state index in [0.29, 0.717) is 9.21 Å². The summed E-state index contributed by atoms with van der Waals surface area (Å²) >= 11 is 7.08. The lowest BCUT2D eigenvalue weighted by molar-refractivity contribution is -0.118. The largest absolute Gasteiger partial charge is 0.308 e. The molecule has 6 nitrogen and oxygen atoms in total. The minimum absolute atomic E-state index is 0.147. The molecule has 0 radical (unpaired) electrons. The van der Waals surface area contributed by atoms with Crippen LogP contribution in [0.3, 0.4) is 0 Å². The molecule has 2 heterocycles. The van der Waals surface area contributed by atoms with Crippen LogP contribution in [0.4, 0.5) is 10.1 Å². The summed E-state index contributed by atoms with van der Waals surface area (Å²) in [7, 11) is -0.0305. The van der Waals surface area contributed by atoms with Crippen molar-refractivity contribution in [1.29, 1.82) is 0 Å². The highest BCUT2D eigenvalue weighted by atomic mass is 35.5. The van der Waals surface area contributed by atoms with E-state index in [4.69, 9.17) is 11.6 Å². The molecule has 168 valence electrons. The Labute approximate surface area is 191 Å². The molecule has 0 aliphatic carbocycles. The summed E-state index contributed by atoms with van der Waals surface area (Å²) in [4.78, 5) is 16.7. The normalized spacial score (nSPS) is 18.0. The van der Waals surface area contributed by atoms with Gasteiger partial charge in [-0.25, -0.2) is 12.8 Å². The van der Waals surface area contributed by atoms with Crippen molar-refractivity contribution in [1.82, 2.24) is 9.62 Å². The Morgan fingerprint density at radius 1 is 1.29 bits per heavy atom.